The number of halogens is 3. The lowest BCUT2D eigenvalue weighted by atomic mass is 10.0. The van der Waals surface area contributed by atoms with E-state index in [1.54, 1.807) is 0 Å². The fourth-order valence-electron chi connectivity index (χ4n) is 1.16. The molecule has 78 valence electrons. The molecule has 5 heteroatoms. The molecule has 0 aromatic heterocycles. The minimum absolute atomic E-state index is 0.124. The fraction of sp³-hybridized carbons (Fsp3) is 0.333. The highest BCUT2D eigenvalue weighted by atomic mass is 79.9. The Labute approximate surface area is 88.9 Å². The number of aryl methyl sites for hydroxylation is 1. The molecule has 0 saturated heterocycles. The SMILES string of the molecule is Cc1cc(Br)c(F)c(C(O)CN)c1F. The van der Waals surface area contributed by atoms with Crippen LogP contribution in [0.3, 0.4) is 0 Å². The number of aliphatic hydroxyl groups excluding tert-OH is 1. The minimum Gasteiger partial charge on any atom is -0.387 e. The monoisotopic (exact) mass is 265 g/mol. The fourth-order valence-corrected chi connectivity index (χ4v) is 1.72. The first-order valence-corrected chi connectivity index (χ1v) is 4.80. The summed E-state index contributed by atoms with van der Waals surface area (Å²) in [5, 5.41) is 9.31. The Morgan fingerprint density at radius 2 is 2.07 bits per heavy atom. The van der Waals surface area contributed by atoms with E-state index in [0.29, 0.717) is 0 Å². The van der Waals surface area contributed by atoms with Crippen molar-refractivity contribution < 1.29 is 13.9 Å². The van der Waals surface area contributed by atoms with E-state index in [1.807, 2.05) is 0 Å². The van der Waals surface area contributed by atoms with Gasteiger partial charge in [0.05, 0.1) is 16.1 Å². The van der Waals surface area contributed by atoms with Gasteiger partial charge in [0.1, 0.15) is 11.6 Å². The molecule has 3 N–H and O–H groups in total. The van der Waals surface area contributed by atoms with Crippen LogP contribution < -0.4 is 5.73 Å². The number of nitrogens with two attached hydrogens (primary N) is 1. The Morgan fingerprint density at radius 3 is 2.57 bits per heavy atom. The van der Waals surface area contributed by atoms with Crippen LogP contribution in [0, 0.1) is 18.6 Å². The van der Waals surface area contributed by atoms with Crippen LogP contribution in [0.25, 0.3) is 0 Å². The molecular weight excluding hydrogens is 256 g/mol. The molecule has 0 aliphatic heterocycles. The molecule has 1 rings (SSSR count). The first-order valence-electron chi connectivity index (χ1n) is 4.01. The molecule has 14 heavy (non-hydrogen) atoms. The lowest BCUT2D eigenvalue weighted by Gasteiger charge is -2.13. The molecule has 1 atom stereocenters. The lowest BCUT2D eigenvalue weighted by molar-refractivity contribution is 0.176. The van der Waals surface area contributed by atoms with Gasteiger partial charge in [-0.3, -0.25) is 0 Å². The van der Waals surface area contributed by atoms with Gasteiger partial charge >= 0.3 is 0 Å². The molecular formula is C9H10BrF2NO. The molecule has 0 aliphatic rings. The second-order valence-electron chi connectivity index (χ2n) is 2.97. The molecule has 0 radical (unpaired) electrons. The Balaban J connectivity index is 3.39. The summed E-state index contributed by atoms with van der Waals surface area (Å²) >= 11 is 2.93. The summed E-state index contributed by atoms with van der Waals surface area (Å²) in [6.45, 7) is 1.27. The maximum atomic E-state index is 13.4. The predicted octanol–water partition coefficient (Wildman–Crippen LogP) is 2.03. The molecule has 0 bridgehead atoms. The number of hydrogen-bond donors (Lipinski definition) is 2. The van der Waals surface area contributed by atoms with Gasteiger partial charge in [-0.25, -0.2) is 8.78 Å². The van der Waals surface area contributed by atoms with Crippen molar-refractivity contribution in [3.63, 3.8) is 0 Å². The third-order valence-electron chi connectivity index (χ3n) is 1.93. The van der Waals surface area contributed by atoms with Crippen LogP contribution in [0.15, 0.2) is 10.5 Å². The van der Waals surface area contributed by atoms with Crippen molar-refractivity contribution in [2.45, 2.75) is 13.0 Å². The van der Waals surface area contributed by atoms with Gasteiger partial charge in [0, 0.05) is 6.54 Å². The molecule has 0 amide bonds. The Hall–Kier alpha value is -0.520. The summed E-state index contributed by atoms with van der Waals surface area (Å²) in [4.78, 5) is 0. The smallest absolute Gasteiger partial charge is 0.146 e. The molecule has 2 nitrogen and oxygen atoms in total. The van der Waals surface area contributed by atoms with Gasteiger partial charge in [-0.1, -0.05) is 0 Å². The zero-order valence-corrected chi connectivity index (χ0v) is 9.11. The Bertz CT molecular complexity index is 331. The topological polar surface area (TPSA) is 46.2 Å². The molecule has 0 saturated carbocycles. The van der Waals surface area contributed by atoms with Gasteiger partial charge in [-0.2, -0.15) is 0 Å². The van der Waals surface area contributed by atoms with Crippen LogP contribution in [-0.2, 0) is 0 Å². The van der Waals surface area contributed by atoms with E-state index in [-0.39, 0.29) is 22.1 Å². The van der Waals surface area contributed by atoms with E-state index in [9.17, 15) is 13.9 Å². The van der Waals surface area contributed by atoms with Crippen molar-refractivity contribution in [1.82, 2.24) is 0 Å². The third-order valence-corrected chi connectivity index (χ3v) is 2.51. The number of benzene rings is 1. The van der Waals surface area contributed by atoms with Crippen LogP contribution in [-0.4, -0.2) is 11.7 Å². The zero-order chi connectivity index (χ0) is 10.9. The van der Waals surface area contributed by atoms with Crippen molar-refractivity contribution in [3.05, 3.63) is 33.3 Å². The highest BCUT2D eigenvalue weighted by Crippen LogP contribution is 2.28. The van der Waals surface area contributed by atoms with E-state index < -0.39 is 17.7 Å². The summed E-state index contributed by atoms with van der Waals surface area (Å²) < 4.78 is 26.9. The van der Waals surface area contributed by atoms with Gasteiger partial charge in [-0.05, 0) is 34.5 Å². The zero-order valence-electron chi connectivity index (χ0n) is 7.52. The molecule has 0 fully saturated rings. The third kappa shape index (κ3) is 1.94. The van der Waals surface area contributed by atoms with Crippen molar-refractivity contribution >= 4 is 15.9 Å². The largest absolute Gasteiger partial charge is 0.387 e. The molecule has 1 unspecified atom stereocenters. The van der Waals surface area contributed by atoms with E-state index in [0.717, 1.165) is 0 Å². The van der Waals surface area contributed by atoms with Crippen LogP contribution in [0.4, 0.5) is 8.78 Å². The van der Waals surface area contributed by atoms with Crippen LogP contribution in [0.5, 0.6) is 0 Å². The number of aliphatic hydroxyl groups is 1. The van der Waals surface area contributed by atoms with Crippen LogP contribution in [0.1, 0.15) is 17.2 Å². The minimum atomic E-state index is -1.31. The van der Waals surface area contributed by atoms with E-state index in [2.05, 4.69) is 15.9 Å². The quantitative estimate of drug-likeness (QED) is 0.804. The normalized spacial score (nSPS) is 13.0. The van der Waals surface area contributed by atoms with Crippen molar-refractivity contribution in [3.8, 4) is 0 Å². The first-order chi connectivity index (χ1) is 6.49. The second kappa shape index (κ2) is 4.33. The van der Waals surface area contributed by atoms with Gasteiger partial charge < -0.3 is 10.8 Å². The van der Waals surface area contributed by atoms with Gasteiger partial charge in [-0.15, -0.1) is 0 Å². The molecule has 0 heterocycles. The van der Waals surface area contributed by atoms with Gasteiger partial charge in [0.2, 0.25) is 0 Å². The lowest BCUT2D eigenvalue weighted by Crippen LogP contribution is -2.15. The summed E-state index contributed by atoms with van der Waals surface area (Å²) in [6, 6.07) is 1.32. The Kier molecular flexibility index (Phi) is 3.58. The molecule has 0 aliphatic carbocycles. The summed E-state index contributed by atoms with van der Waals surface area (Å²) in [7, 11) is 0. The average molecular weight is 266 g/mol. The molecule has 1 aromatic carbocycles. The second-order valence-corrected chi connectivity index (χ2v) is 3.82. The van der Waals surface area contributed by atoms with Crippen molar-refractivity contribution in [2.24, 2.45) is 5.73 Å². The standard InChI is InChI=1S/C9H10BrF2NO/c1-4-2-5(10)9(12)7(8(4)11)6(14)3-13/h2,6,14H,3,13H2,1H3. The van der Waals surface area contributed by atoms with Gasteiger partial charge in [0.25, 0.3) is 0 Å². The van der Waals surface area contributed by atoms with Crippen LogP contribution in [0.2, 0.25) is 0 Å². The van der Waals surface area contributed by atoms with Gasteiger partial charge in [0.15, 0.2) is 0 Å². The van der Waals surface area contributed by atoms with Crippen LogP contribution >= 0.6 is 15.9 Å². The highest BCUT2D eigenvalue weighted by molar-refractivity contribution is 9.10. The van der Waals surface area contributed by atoms with E-state index in [4.69, 9.17) is 5.73 Å². The predicted molar refractivity (Wildman–Crippen MR) is 52.8 cm³/mol. The maximum Gasteiger partial charge on any atom is 0.146 e. The van der Waals surface area contributed by atoms with Crippen molar-refractivity contribution in [1.29, 1.82) is 0 Å². The summed E-state index contributed by atoms with van der Waals surface area (Å²) in [5.41, 5.74) is 5.03. The average Bonchev–Trinajstić information content (AvgIpc) is 2.15. The van der Waals surface area contributed by atoms with E-state index >= 15 is 0 Å². The summed E-state index contributed by atoms with van der Waals surface area (Å²) in [5.74, 6) is -1.55. The van der Waals surface area contributed by atoms with E-state index in [1.165, 1.54) is 13.0 Å². The highest BCUT2D eigenvalue weighted by Gasteiger charge is 2.20. The number of rotatable bonds is 2. The Morgan fingerprint density at radius 1 is 1.50 bits per heavy atom. The molecule has 1 aromatic rings. The van der Waals surface area contributed by atoms with Crippen molar-refractivity contribution in [2.75, 3.05) is 6.54 Å². The molecule has 0 spiro atoms. The first kappa shape index (κ1) is 11.6. The summed E-state index contributed by atoms with van der Waals surface area (Å²) in [6.07, 6.45) is -1.31. The number of hydrogen-bond acceptors (Lipinski definition) is 2. The maximum absolute atomic E-state index is 13.4.